The van der Waals surface area contributed by atoms with Gasteiger partial charge in [-0.2, -0.15) is 0 Å². The molecule has 6 heterocycles. The summed E-state index contributed by atoms with van der Waals surface area (Å²) in [6.07, 6.45) is 4.24. The molecule has 0 spiro atoms. The van der Waals surface area contributed by atoms with Crippen molar-refractivity contribution in [3.05, 3.63) is 58.2 Å². The van der Waals surface area contributed by atoms with Gasteiger partial charge in [-0.15, -0.1) is 11.3 Å². The van der Waals surface area contributed by atoms with Crippen LogP contribution < -0.4 is 10.4 Å². The maximum Gasteiger partial charge on any atom is 0.324 e. The van der Waals surface area contributed by atoms with Crippen LogP contribution in [0.2, 0.25) is 0 Å². The molecule has 3 atom stereocenters. The molecular weight excluding hydrogens is 847 g/mol. The summed E-state index contributed by atoms with van der Waals surface area (Å²) in [5, 5.41) is 5.29. The quantitative estimate of drug-likeness (QED) is 0.126. The number of hydrazine groups is 1. The number of benzene rings is 1. The number of aryl methyl sites for hydroxylation is 1. The molecule has 1 aromatic carbocycles. The third kappa shape index (κ3) is 10.1. The SMILES string of the molecule is CCn1c(-c2cccnc2[C@H](C)OC)c2c3cc(ccc31)-c1csc(n1)C[Si](NC(=O)[C@H](C(C)C)N(C)C(=O)N1CC(CCN(C)C)C1)C(=O)N1CCC[C@H](N1)C(=O)OCC(C)(C)C2. The van der Waals surface area contributed by atoms with Crippen molar-refractivity contribution < 1.29 is 28.7 Å². The van der Waals surface area contributed by atoms with E-state index in [0.717, 1.165) is 57.6 Å². The number of urea groups is 1. The number of likely N-dealkylation sites (N-methyl/N-ethyl adjacent to an activating group) is 1. The smallest absolute Gasteiger partial charge is 0.324 e. The first-order chi connectivity index (χ1) is 30.5. The number of nitrogens with zero attached hydrogens (tertiary/aromatic N) is 7. The van der Waals surface area contributed by atoms with Gasteiger partial charge in [0.15, 0.2) is 0 Å². The number of carbonyl (C=O) groups is 4. The number of carbonyl (C=O) groups excluding carboxylic acids is 4. The van der Waals surface area contributed by atoms with Gasteiger partial charge in [0.05, 0.1) is 34.8 Å². The molecule has 2 N–H and O–H groups in total. The summed E-state index contributed by atoms with van der Waals surface area (Å²) in [6.45, 7) is 15.7. The molecule has 3 aromatic heterocycles. The fourth-order valence-corrected chi connectivity index (χ4v) is 12.3. The van der Waals surface area contributed by atoms with E-state index in [0.29, 0.717) is 56.4 Å². The first kappa shape index (κ1) is 47.3. The zero-order chi connectivity index (χ0) is 46.0. The lowest BCUT2D eigenvalue weighted by molar-refractivity contribution is -0.151. The van der Waals surface area contributed by atoms with Crippen LogP contribution in [0.3, 0.4) is 0 Å². The maximum absolute atomic E-state index is 14.6. The van der Waals surface area contributed by atoms with Crippen LogP contribution in [-0.2, 0) is 38.1 Å². The Morgan fingerprint density at radius 2 is 1.91 bits per heavy atom. The maximum atomic E-state index is 14.6. The summed E-state index contributed by atoms with van der Waals surface area (Å²) in [4.78, 5) is 75.2. The molecule has 2 saturated heterocycles. The minimum atomic E-state index is -2.42. The summed E-state index contributed by atoms with van der Waals surface area (Å²) < 4.78 is 14.3. The Morgan fingerprint density at radius 1 is 1.14 bits per heavy atom. The fraction of sp³-hybridized carbons (Fsp3) is 0.574. The highest BCUT2D eigenvalue weighted by Crippen LogP contribution is 2.42. The van der Waals surface area contributed by atoms with Crippen molar-refractivity contribution in [2.24, 2.45) is 17.3 Å². The lowest BCUT2D eigenvalue weighted by Crippen LogP contribution is -2.64. The van der Waals surface area contributed by atoms with E-state index in [4.69, 9.17) is 19.4 Å². The average Bonchev–Trinajstić information content (AvgIpc) is 3.85. The second-order valence-corrected chi connectivity index (χ2v) is 22.0. The Morgan fingerprint density at radius 3 is 2.61 bits per heavy atom. The van der Waals surface area contributed by atoms with Gasteiger partial charge in [0, 0.05) is 85.4 Å². The molecule has 345 valence electrons. The topological polar surface area (TPSA) is 154 Å². The molecule has 15 nitrogen and oxygen atoms in total. The normalized spacial score (nSPS) is 19.7. The first-order valence-electron chi connectivity index (χ1n) is 22.7. The highest BCUT2D eigenvalue weighted by atomic mass is 32.1. The van der Waals surface area contributed by atoms with E-state index in [9.17, 15) is 19.2 Å². The molecule has 3 aliphatic rings. The van der Waals surface area contributed by atoms with Crippen LogP contribution >= 0.6 is 11.3 Å². The Labute approximate surface area is 383 Å². The van der Waals surface area contributed by atoms with Crippen molar-refractivity contribution in [3.8, 4) is 22.5 Å². The van der Waals surface area contributed by atoms with Crippen LogP contribution in [0.4, 0.5) is 9.59 Å². The van der Waals surface area contributed by atoms with Crippen LogP contribution in [0, 0.1) is 17.3 Å². The summed E-state index contributed by atoms with van der Waals surface area (Å²) in [6, 6.07) is 8.98. The highest BCUT2D eigenvalue weighted by Gasteiger charge is 2.41. The number of pyridine rings is 1. The predicted molar refractivity (Wildman–Crippen MR) is 252 cm³/mol. The molecule has 1 radical (unpaired) electrons. The van der Waals surface area contributed by atoms with Gasteiger partial charge in [0.25, 0.3) is 8.96 Å². The van der Waals surface area contributed by atoms with Gasteiger partial charge in [-0.1, -0.05) is 33.8 Å². The number of hydrogen-bond donors (Lipinski definition) is 2. The van der Waals surface area contributed by atoms with E-state index in [2.05, 4.69) is 64.9 Å². The Hall–Kier alpha value is -4.68. The summed E-state index contributed by atoms with van der Waals surface area (Å²) in [7, 11) is 5.04. The van der Waals surface area contributed by atoms with Gasteiger partial charge < -0.3 is 33.7 Å². The van der Waals surface area contributed by atoms with Gasteiger partial charge in [-0.25, -0.2) is 15.2 Å². The van der Waals surface area contributed by atoms with Crippen LogP contribution in [0.15, 0.2) is 41.9 Å². The van der Waals surface area contributed by atoms with Crippen molar-refractivity contribution in [2.45, 2.75) is 98.0 Å². The number of methoxy groups -OCH3 is 1. The Balaban J connectivity index is 1.25. The van der Waals surface area contributed by atoms with Crippen molar-refractivity contribution in [1.82, 2.24) is 44.7 Å². The summed E-state index contributed by atoms with van der Waals surface area (Å²) in [5.41, 5.74) is 9.21. The second kappa shape index (κ2) is 19.8. The lowest BCUT2D eigenvalue weighted by atomic mass is 9.84. The number of ether oxygens (including phenoxy) is 2. The number of nitrogens with one attached hydrogen (secondary N) is 2. The number of hydrogen-bond acceptors (Lipinski definition) is 11. The van der Waals surface area contributed by atoms with Gasteiger partial charge >= 0.3 is 12.0 Å². The van der Waals surface area contributed by atoms with Gasteiger partial charge in [0.1, 0.15) is 12.1 Å². The number of likely N-dealkylation sites (tertiary alicyclic amines) is 1. The average molecular weight is 913 g/mol. The van der Waals surface area contributed by atoms with E-state index in [-0.39, 0.29) is 42.1 Å². The number of fused-ring (bicyclic) bond motifs is 6. The van der Waals surface area contributed by atoms with E-state index in [1.165, 1.54) is 21.2 Å². The number of esters is 1. The second-order valence-electron chi connectivity index (χ2n) is 19.1. The van der Waals surface area contributed by atoms with Crippen molar-refractivity contribution in [3.63, 3.8) is 0 Å². The van der Waals surface area contributed by atoms with Gasteiger partial charge in [-0.05, 0) is 102 Å². The first-order valence-corrected chi connectivity index (χ1v) is 25.2. The number of aromatic nitrogens is 3. The zero-order valence-corrected chi connectivity index (χ0v) is 41.0. The molecule has 3 aliphatic heterocycles. The molecule has 4 amide bonds. The van der Waals surface area contributed by atoms with Crippen molar-refractivity contribution in [1.29, 1.82) is 0 Å². The molecule has 7 rings (SSSR count). The Bertz CT molecular complexity index is 2340. The highest BCUT2D eigenvalue weighted by molar-refractivity contribution is 7.10. The minimum Gasteiger partial charge on any atom is -0.464 e. The molecule has 0 saturated carbocycles. The molecule has 17 heteroatoms. The van der Waals surface area contributed by atoms with Crippen molar-refractivity contribution in [2.75, 3.05) is 61.0 Å². The lowest BCUT2D eigenvalue weighted by Gasteiger charge is -2.43. The van der Waals surface area contributed by atoms with Crippen LogP contribution in [0.25, 0.3) is 33.4 Å². The van der Waals surface area contributed by atoms with Crippen molar-refractivity contribution >= 4 is 54.6 Å². The molecule has 0 unspecified atom stereocenters. The van der Waals surface area contributed by atoms with Crippen LogP contribution in [0.5, 0.6) is 0 Å². The van der Waals surface area contributed by atoms with Gasteiger partial charge in [-0.3, -0.25) is 24.4 Å². The van der Waals surface area contributed by atoms with E-state index >= 15 is 0 Å². The molecule has 4 aromatic rings. The molecular formula is C47H66N9O6SSi. The molecule has 64 heavy (non-hydrogen) atoms. The fourth-order valence-electron chi connectivity index (χ4n) is 9.30. The van der Waals surface area contributed by atoms with E-state index in [1.54, 1.807) is 25.3 Å². The standard InChI is InChI=1S/C47H66N9O6SSi/c1-11-55-38-17-16-32-22-34(38)35(42(55)33-14-12-19-48-40(33)30(4)61-10)23-47(5,6)28-62-44(58)36-15-13-20-56(50-36)46(60)64(27-39-49-37(32)26-63-39)51-43(57)41(29(2)3)53(9)45(59)54-24-31(25-54)18-21-52(7)8/h12,14,16-17,19,22,26,29-31,36,41,50H,11,13,15,18,20-21,23-25,27-28H2,1-10H3,(H,51,57)/t30-,36-,41-/m0/s1. The Kier molecular flexibility index (Phi) is 14.6. The monoisotopic (exact) mass is 912 g/mol. The van der Waals surface area contributed by atoms with Crippen LogP contribution in [0.1, 0.15) is 83.2 Å². The summed E-state index contributed by atoms with van der Waals surface area (Å²) >= 11 is 1.46. The minimum absolute atomic E-state index is 0.155. The van der Waals surface area contributed by atoms with E-state index < -0.39 is 32.4 Å². The zero-order valence-electron chi connectivity index (χ0n) is 39.2. The predicted octanol–water partition coefficient (Wildman–Crippen LogP) is 6.50. The number of rotatable bonds is 11. The molecule has 6 bridgehead atoms. The van der Waals surface area contributed by atoms with Gasteiger partial charge in [0.2, 0.25) is 11.4 Å². The summed E-state index contributed by atoms with van der Waals surface area (Å²) in [5.74, 6) is -0.600. The van der Waals surface area contributed by atoms with E-state index in [1.807, 2.05) is 46.3 Å². The molecule has 2 fully saturated rings. The van der Waals surface area contributed by atoms with Crippen LogP contribution in [-0.4, -0.2) is 140 Å². The third-order valence-electron chi connectivity index (χ3n) is 12.8. The number of amides is 4. The largest absolute Gasteiger partial charge is 0.464 e. The molecule has 0 aliphatic carbocycles. The number of thiazole rings is 1. The number of cyclic esters (lactones) is 1. The third-order valence-corrected chi connectivity index (χ3v) is 16.0.